The second kappa shape index (κ2) is 9.81. The smallest absolute Gasteiger partial charge is 0.257 e. The topological polar surface area (TPSA) is 90.1 Å². The zero-order chi connectivity index (χ0) is 26.1. The van der Waals surface area contributed by atoms with E-state index in [9.17, 15) is 22.8 Å². The molecule has 0 saturated carbocycles. The Bertz CT molecular complexity index is 1500. The molecular weight excluding hydrogens is 483 g/mol. The van der Waals surface area contributed by atoms with Gasteiger partial charge in [0.15, 0.2) is 11.6 Å². The summed E-state index contributed by atoms with van der Waals surface area (Å²) in [6.07, 6.45) is 2.06. The summed E-state index contributed by atoms with van der Waals surface area (Å²) < 4.78 is 41.6. The van der Waals surface area contributed by atoms with Crippen molar-refractivity contribution in [2.24, 2.45) is 0 Å². The van der Waals surface area contributed by atoms with E-state index in [4.69, 9.17) is 0 Å². The van der Waals surface area contributed by atoms with Crippen molar-refractivity contribution in [3.8, 4) is 11.3 Å². The zero-order valence-electron chi connectivity index (χ0n) is 19.7. The van der Waals surface area contributed by atoms with Gasteiger partial charge >= 0.3 is 0 Å². The Hall–Kier alpha value is -4.60. The summed E-state index contributed by atoms with van der Waals surface area (Å²) >= 11 is 0. The zero-order valence-corrected chi connectivity index (χ0v) is 19.7. The molecule has 37 heavy (non-hydrogen) atoms. The van der Waals surface area contributed by atoms with Crippen molar-refractivity contribution in [3.05, 3.63) is 95.1 Å². The fraction of sp³-hybridized carbons (Fsp3) is 0.148. The van der Waals surface area contributed by atoms with E-state index in [1.54, 1.807) is 24.1 Å². The fourth-order valence-electron chi connectivity index (χ4n) is 4.25. The maximum atomic E-state index is 14.5. The van der Waals surface area contributed by atoms with Gasteiger partial charge in [0, 0.05) is 37.5 Å². The Morgan fingerprint density at radius 3 is 2.68 bits per heavy atom. The number of likely N-dealkylation sites (N-methyl/N-ethyl adjacent to an activating group) is 1. The van der Waals surface area contributed by atoms with Crippen LogP contribution in [-0.2, 0) is 17.6 Å². The van der Waals surface area contributed by atoms with E-state index < -0.39 is 11.6 Å². The molecule has 0 radical (unpaired) electrons. The van der Waals surface area contributed by atoms with E-state index in [-0.39, 0.29) is 35.6 Å². The standard InChI is InChI=1S/C27H22F3N5O2/c1-35-12-10-19-23(27(35)37)26(33-20-4-2-3-18(29)24(20)30)25(32-19)16-9-11-31-21(14-16)34-22(36)13-15-5-7-17(28)8-6-15/h2-9,11,14,32-33H,10,12-13H2,1H3,(H,31,34,36). The number of nitrogens with zero attached hydrogens (tertiary/aromatic N) is 2. The SMILES string of the molecule is CN1CCc2[nH]c(-c3ccnc(NC(=O)Cc4ccc(F)cc4)c3)c(Nc3cccc(F)c3F)c2C1=O. The van der Waals surface area contributed by atoms with Gasteiger partial charge < -0.3 is 20.5 Å². The van der Waals surface area contributed by atoms with Crippen molar-refractivity contribution >= 4 is 29.0 Å². The Morgan fingerprint density at radius 1 is 1.11 bits per heavy atom. The lowest BCUT2D eigenvalue weighted by Crippen LogP contribution is -2.34. The summed E-state index contributed by atoms with van der Waals surface area (Å²) in [6, 6.07) is 12.7. The maximum absolute atomic E-state index is 14.5. The minimum Gasteiger partial charge on any atom is -0.356 e. The van der Waals surface area contributed by atoms with Gasteiger partial charge in [-0.1, -0.05) is 18.2 Å². The Morgan fingerprint density at radius 2 is 1.89 bits per heavy atom. The minimum absolute atomic E-state index is 0.0233. The average Bonchev–Trinajstić information content (AvgIpc) is 3.25. The summed E-state index contributed by atoms with van der Waals surface area (Å²) in [5, 5.41) is 5.62. The number of rotatable bonds is 6. The molecule has 2 aromatic heterocycles. The second-order valence-electron chi connectivity index (χ2n) is 8.71. The first-order valence-corrected chi connectivity index (χ1v) is 11.5. The van der Waals surface area contributed by atoms with Gasteiger partial charge in [-0.15, -0.1) is 0 Å². The number of aromatic amines is 1. The lowest BCUT2D eigenvalue weighted by atomic mass is 10.0. The van der Waals surface area contributed by atoms with Gasteiger partial charge in [0.25, 0.3) is 5.91 Å². The van der Waals surface area contributed by atoms with Crippen LogP contribution in [0.5, 0.6) is 0 Å². The molecular formula is C27H22F3N5O2. The maximum Gasteiger partial charge on any atom is 0.257 e. The molecule has 0 bridgehead atoms. The summed E-state index contributed by atoms with van der Waals surface area (Å²) in [5.41, 5.74) is 2.85. The number of amides is 2. The number of nitrogens with one attached hydrogen (secondary N) is 3. The summed E-state index contributed by atoms with van der Waals surface area (Å²) in [4.78, 5) is 34.6. The lowest BCUT2D eigenvalue weighted by molar-refractivity contribution is -0.115. The van der Waals surface area contributed by atoms with Crippen LogP contribution in [0.3, 0.4) is 0 Å². The predicted octanol–water partition coefficient (Wildman–Crippen LogP) is 5.05. The first-order valence-electron chi connectivity index (χ1n) is 11.5. The average molecular weight is 506 g/mol. The molecule has 0 fully saturated rings. The number of carbonyl (C=O) groups is 2. The molecule has 2 amide bonds. The van der Waals surface area contributed by atoms with Crippen LogP contribution in [-0.4, -0.2) is 40.3 Å². The van der Waals surface area contributed by atoms with E-state index in [0.717, 1.165) is 6.07 Å². The van der Waals surface area contributed by atoms with E-state index >= 15 is 0 Å². The molecule has 0 atom stereocenters. The first kappa shape index (κ1) is 24.1. The second-order valence-corrected chi connectivity index (χ2v) is 8.71. The predicted molar refractivity (Wildman–Crippen MR) is 133 cm³/mol. The molecule has 3 heterocycles. The number of halogens is 3. The van der Waals surface area contributed by atoms with Crippen LogP contribution in [0.1, 0.15) is 21.6 Å². The first-order chi connectivity index (χ1) is 17.8. The number of carbonyl (C=O) groups excluding carboxylic acids is 2. The van der Waals surface area contributed by atoms with Gasteiger partial charge in [0.05, 0.1) is 29.1 Å². The van der Waals surface area contributed by atoms with E-state index in [2.05, 4.69) is 20.6 Å². The van der Waals surface area contributed by atoms with E-state index in [1.807, 2.05) is 0 Å². The molecule has 7 nitrogen and oxygen atoms in total. The highest BCUT2D eigenvalue weighted by molar-refractivity contribution is 6.06. The van der Waals surface area contributed by atoms with Gasteiger partial charge in [-0.25, -0.2) is 18.2 Å². The van der Waals surface area contributed by atoms with Crippen LogP contribution in [0.15, 0.2) is 60.8 Å². The highest BCUT2D eigenvalue weighted by Gasteiger charge is 2.30. The van der Waals surface area contributed by atoms with Gasteiger partial charge in [-0.05, 0) is 42.0 Å². The van der Waals surface area contributed by atoms with Crippen LogP contribution >= 0.6 is 0 Å². The molecule has 0 spiro atoms. The Balaban J connectivity index is 1.49. The number of hydrogen-bond acceptors (Lipinski definition) is 4. The van der Waals surface area contributed by atoms with Crippen LogP contribution in [0, 0.1) is 17.5 Å². The number of pyridine rings is 1. The molecule has 0 aliphatic carbocycles. The van der Waals surface area contributed by atoms with E-state index in [1.165, 1.54) is 42.6 Å². The van der Waals surface area contributed by atoms with Crippen LogP contribution in [0.2, 0.25) is 0 Å². The number of H-pyrrole nitrogens is 1. The molecule has 0 saturated heterocycles. The molecule has 5 rings (SSSR count). The normalized spacial score (nSPS) is 12.9. The van der Waals surface area contributed by atoms with Crippen molar-refractivity contribution in [1.82, 2.24) is 14.9 Å². The quantitative estimate of drug-likeness (QED) is 0.342. The van der Waals surface area contributed by atoms with Crippen molar-refractivity contribution in [2.45, 2.75) is 12.8 Å². The summed E-state index contributed by atoms with van der Waals surface area (Å²) in [5.74, 6) is -2.83. The van der Waals surface area contributed by atoms with Gasteiger partial charge in [0.1, 0.15) is 11.6 Å². The minimum atomic E-state index is -1.07. The summed E-state index contributed by atoms with van der Waals surface area (Å²) in [6.45, 7) is 0.501. The largest absolute Gasteiger partial charge is 0.356 e. The highest BCUT2D eigenvalue weighted by Crippen LogP contribution is 2.38. The van der Waals surface area contributed by atoms with Crippen molar-refractivity contribution in [3.63, 3.8) is 0 Å². The molecule has 3 N–H and O–H groups in total. The fourth-order valence-corrected chi connectivity index (χ4v) is 4.25. The third kappa shape index (κ3) is 4.90. The monoisotopic (exact) mass is 505 g/mol. The van der Waals surface area contributed by atoms with Crippen LogP contribution in [0.25, 0.3) is 11.3 Å². The molecule has 188 valence electrons. The van der Waals surface area contributed by atoms with Crippen molar-refractivity contribution in [1.29, 1.82) is 0 Å². The van der Waals surface area contributed by atoms with Gasteiger partial charge in [-0.3, -0.25) is 9.59 Å². The molecule has 10 heteroatoms. The molecule has 4 aromatic rings. The molecule has 1 aliphatic rings. The van der Waals surface area contributed by atoms with E-state index in [0.29, 0.717) is 46.7 Å². The third-order valence-corrected chi connectivity index (χ3v) is 6.14. The Labute approximate surface area is 210 Å². The number of benzene rings is 2. The number of hydrogen-bond donors (Lipinski definition) is 3. The van der Waals surface area contributed by atoms with Crippen molar-refractivity contribution in [2.75, 3.05) is 24.2 Å². The third-order valence-electron chi connectivity index (χ3n) is 6.14. The molecule has 1 aliphatic heterocycles. The van der Waals surface area contributed by atoms with Crippen LogP contribution < -0.4 is 10.6 Å². The lowest BCUT2D eigenvalue weighted by Gasteiger charge is -2.23. The highest BCUT2D eigenvalue weighted by atomic mass is 19.2. The summed E-state index contributed by atoms with van der Waals surface area (Å²) in [7, 11) is 1.67. The van der Waals surface area contributed by atoms with Gasteiger partial charge in [0.2, 0.25) is 5.91 Å². The Kier molecular flexibility index (Phi) is 6.39. The number of fused-ring (bicyclic) bond motifs is 1. The van der Waals surface area contributed by atoms with Gasteiger partial charge in [-0.2, -0.15) is 0 Å². The number of aromatic nitrogens is 2. The van der Waals surface area contributed by atoms with Crippen molar-refractivity contribution < 1.29 is 22.8 Å². The van der Waals surface area contributed by atoms with Crippen LogP contribution in [0.4, 0.5) is 30.4 Å². The molecule has 0 unspecified atom stereocenters. The molecule has 2 aromatic carbocycles. The number of anilines is 3.